The highest BCUT2D eigenvalue weighted by atomic mass is 32.2. The molecule has 1 fully saturated rings. The molecule has 0 radical (unpaired) electrons. The van der Waals surface area contributed by atoms with Crippen molar-refractivity contribution < 1.29 is 31.8 Å². The molecule has 11 heteroatoms. The van der Waals surface area contributed by atoms with Crippen molar-refractivity contribution in [2.75, 3.05) is 32.9 Å². The van der Waals surface area contributed by atoms with Crippen LogP contribution >= 0.6 is 0 Å². The number of sulfonamides is 1. The number of halogens is 1. The van der Waals surface area contributed by atoms with Gasteiger partial charge >= 0.3 is 5.97 Å². The summed E-state index contributed by atoms with van der Waals surface area (Å²) in [5, 5.41) is 0. The first-order chi connectivity index (χ1) is 16.4. The number of rotatable bonds is 9. The molecule has 1 aliphatic rings. The average Bonchev–Trinajstić information content (AvgIpc) is 3.19. The highest BCUT2D eigenvalue weighted by molar-refractivity contribution is 7.89. The minimum Gasteiger partial charge on any atom is -0.479 e. The van der Waals surface area contributed by atoms with Gasteiger partial charge in [-0.05, 0) is 36.8 Å². The van der Waals surface area contributed by atoms with Crippen LogP contribution in [-0.4, -0.2) is 61.2 Å². The number of morpholine rings is 1. The van der Waals surface area contributed by atoms with Gasteiger partial charge in [0, 0.05) is 19.6 Å². The van der Waals surface area contributed by atoms with Gasteiger partial charge in [0.1, 0.15) is 12.4 Å². The van der Waals surface area contributed by atoms with Gasteiger partial charge in [0.15, 0.2) is 18.2 Å². The maximum atomic E-state index is 13.6. The van der Waals surface area contributed by atoms with E-state index in [2.05, 4.69) is 4.98 Å². The Morgan fingerprint density at radius 3 is 2.68 bits per heavy atom. The molecule has 1 aliphatic heterocycles. The third kappa shape index (κ3) is 5.21. The number of imidazole rings is 1. The summed E-state index contributed by atoms with van der Waals surface area (Å²) in [7, 11) is -3.66. The third-order valence-electron chi connectivity index (χ3n) is 5.40. The van der Waals surface area contributed by atoms with Gasteiger partial charge in [0.2, 0.25) is 10.0 Å². The predicted octanol–water partition coefficient (Wildman–Crippen LogP) is 2.73. The number of aryl methyl sites for hydroxylation is 1. The molecule has 0 spiro atoms. The van der Waals surface area contributed by atoms with E-state index in [0.29, 0.717) is 44.2 Å². The van der Waals surface area contributed by atoms with Gasteiger partial charge in [-0.2, -0.15) is 4.31 Å². The van der Waals surface area contributed by atoms with Crippen LogP contribution in [0.4, 0.5) is 4.39 Å². The van der Waals surface area contributed by atoms with Crippen LogP contribution in [0.15, 0.2) is 47.4 Å². The van der Waals surface area contributed by atoms with Gasteiger partial charge in [-0.15, -0.1) is 0 Å². The van der Waals surface area contributed by atoms with Crippen molar-refractivity contribution in [2.45, 2.75) is 31.4 Å². The van der Waals surface area contributed by atoms with Crippen LogP contribution in [0, 0.1) is 5.82 Å². The molecule has 0 aliphatic carbocycles. The van der Waals surface area contributed by atoms with Crippen LogP contribution in [0.3, 0.4) is 0 Å². The molecule has 0 atom stereocenters. The number of carbonyl (C=O) groups excluding carboxylic acids is 1. The van der Waals surface area contributed by atoms with Gasteiger partial charge < -0.3 is 18.8 Å². The molecule has 0 unspecified atom stereocenters. The number of hydrogen-bond acceptors (Lipinski definition) is 7. The number of esters is 1. The molecule has 0 bridgehead atoms. The second-order valence-electron chi connectivity index (χ2n) is 7.73. The normalized spacial score (nSPS) is 14.9. The molecule has 1 saturated heterocycles. The summed E-state index contributed by atoms with van der Waals surface area (Å²) in [6, 6.07) is 10.6. The van der Waals surface area contributed by atoms with E-state index in [0.717, 1.165) is 11.9 Å². The van der Waals surface area contributed by atoms with Crippen molar-refractivity contribution in [1.82, 2.24) is 13.9 Å². The number of carbonyl (C=O) groups is 1. The van der Waals surface area contributed by atoms with E-state index >= 15 is 0 Å². The van der Waals surface area contributed by atoms with Gasteiger partial charge in [-0.25, -0.2) is 22.6 Å². The smallest absolute Gasteiger partial charge is 0.344 e. The van der Waals surface area contributed by atoms with Crippen LogP contribution in [0.5, 0.6) is 5.75 Å². The fourth-order valence-corrected chi connectivity index (χ4v) is 5.15. The summed E-state index contributed by atoms with van der Waals surface area (Å²) in [6.45, 7) is 3.38. The van der Waals surface area contributed by atoms with E-state index < -0.39 is 28.4 Å². The van der Waals surface area contributed by atoms with Crippen molar-refractivity contribution in [2.24, 2.45) is 0 Å². The molecular weight excluding hydrogens is 465 g/mol. The van der Waals surface area contributed by atoms with Gasteiger partial charge in [0.25, 0.3) is 0 Å². The van der Waals surface area contributed by atoms with Gasteiger partial charge in [-0.1, -0.05) is 19.1 Å². The molecular formula is C23H26FN3O6S. The minimum absolute atomic E-state index is 0.0355. The number of hydrogen-bond donors (Lipinski definition) is 0. The van der Waals surface area contributed by atoms with Gasteiger partial charge in [-0.3, -0.25) is 0 Å². The third-order valence-corrected chi connectivity index (χ3v) is 7.29. The van der Waals surface area contributed by atoms with E-state index in [1.54, 1.807) is 24.3 Å². The second-order valence-corrected chi connectivity index (χ2v) is 9.66. The Morgan fingerprint density at radius 2 is 1.94 bits per heavy atom. The zero-order valence-electron chi connectivity index (χ0n) is 18.8. The van der Waals surface area contributed by atoms with Crippen molar-refractivity contribution in [3.05, 3.63) is 54.1 Å². The zero-order chi connectivity index (χ0) is 24.1. The molecule has 2 heterocycles. The number of aromatic nitrogens is 2. The van der Waals surface area contributed by atoms with Crippen LogP contribution in [-0.2, 0) is 37.4 Å². The Bertz CT molecular complexity index is 1270. The molecule has 4 rings (SSSR count). The standard InChI is InChI=1S/C23H26FN3O6S/c1-2-9-27-20-8-7-17(34(29,30)26-10-12-31-13-11-26)14-19(20)25-22(27)15-33-23(28)16-32-21-6-4-3-5-18(21)24/h3-8,14H,2,9-13,15-16H2,1H3. The van der Waals surface area contributed by atoms with Crippen LogP contribution < -0.4 is 4.74 Å². The quantitative estimate of drug-likeness (QED) is 0.424. The molecule has 182 valence electrons. The molecule has 0 saturated carbocycles. The number of para-hydroxylation sites is 1. The Kier molecular flexibility index (Phi) is 7.44. The van der Waals surface area contributed by atoms with E-state index in [4.69, 9.17) is 14.2 Å². The Morgan fingerprint density at radius 1 is 1.18 bits per heavy atom. The van der Waals surface area contributed by atoms with Crippen molar-refractivity contribution in [3.8, 4) is 5.75 Å². The average molecular weight is 492 g/mol. The van der Waals surface area contributed by atoms with Crippen molar-refractivity contribution >= 4 is 27.0 Å². The first-order valence-corrected chi connectivity index (χ1v) is 12.4. The minimum atomic E-state index is -3.66. The van der Waals surface area contributed by atoms with Crippen molar-refractivity contribution in [1.29, 1.82) is 0 Å². The summed E-state index contributed by atoms with van der Waals surface area (Å²) in [5.74, 6) is -0.791. The molecule has 3 aromatic rings. The lowest BCUT2D eigenvalue weighted by Gasteiger charge is -2.26. The molecule has 1 aromatic heterocycles. The molecule has 34 heavy (non-hydrogen) atoms. The summed E-state index contributed by atoms with van der Waals surface area (Å²) in [6.07, 6.45) is 0.802. The topological polar surface area (TPSA) is 100.0 Å². The Labute approximate surface area is 197 Å². The lowest BCUT2D eigenvalue weighted by Crippen LogP contribution is -2.40. The van der Waals surface area contributed by atoms with E-state index in [1.807, 2.05) is 11.5 Å². The van der Waals surface area contributed by atoms with Crippen molar-refractivity contribution in [3.63, 3.8) is 0 Å². The van der Waals surface area contributed by atoms with Crippen LogP contribution in [0.2, 0.25) is 0 Å². The highest BCUT2D eigenvalue weighted by Gasteiger charge is 2.27. The Balaban J connectivity index is 1.50. The predicted molar refractivity (Wildman–Crippen MR) is 121 cm³/mol. The molecule has 9 nitrogen and oxygen atoms in total. The SMILES string of the molecule is CCCn1c(COC(=O)COc2ccccc2F)nc2cc(S(=O)(=O)N3CCOCC3)ccc21. The van der Waals surface area contributed by atoms with Gasteiger partial charge in [0.05, 0.1) is 29.1 Å². The monoisotopic (exact) mass is 491 g/mol. The molecule has 0 amide bonds. The van der Waals surface area contributed by atoms with Crippen LogP contribution in [0.25, 0.3) is 11.0 Å². The van der Waals surface area contributed by atoms with Crippen LogP contribution in [0.1, 0.15) is 19.2 Å². The zero-order valence-corrected chi connectivity index (χ0v) is 19.6. The van der Waals surface area contributed by atoms with E-state index in [1.165, 1.54) is 22.5 Å². The Hall–Kier alpha value is -3.02. The number of benzene rings is 2. The maximum absolute atomic E-state index is 13.6. The highest BCUT2D eigenvalue weighted by Crippen LogP contribution is 2.24. The number of nitrogens with zero attached hydrogens (tertiary/aromatic N) is 3. The summed E-state index contributed by atoms with van der Waals surface area (Å²) in [4.78, 5) is 16.8. The summed E-state index contributed by atoms with van der Waals surface area (Å²) in [5.41, 5.74) is 1.24. The first kappa shape index (κ1) is 24.1. The lowest BCUT2D eigenvalue weighted by molar-refractivity contribution is -0.147. The van der Waals surface area contributed by atoms with E-state index in [9.17, 15) is 17.6 Å². The lowest BCUT2D eigenvalue weighted by atomic mass is 10.3. The molecule has 0 N–H and O–H groups in total. The summed E-state index contributed by atoms with van der Waals surface area (Å²) < 4.78 is 58.7. The summed E-state index contributed by atoms with van der Waals surface area (Å²) >= 11 is 0. The maximum Gasteiger partial charge on any atom is 0.344 e. The first-order valence-electron chi connectivity index (χ1n) is 11.0. The second kappa shape index (κ2) is 10.5. The molecule has 2 aromatic carbocycles. The number of fused-ring (bicyclic) bond motifs is 1. The largest absolute Gasteiger partial charge is 0.479 e. The fraction of sp³-hybridized carbons (Fsp3) is 0.391. The number of ether oxygens (including phenoxy) is 3. The van der Waals surface area contributed by atoms with E-state index in [-0.39, 0.29) is 17.3 Å². The fourth-order valence-electron chi connectivity index (χ4n) is 3.72.